The molecule has 0 aromatic carbocycles. The van der Waals surface area contributed by atoms with Gasteiger partial charge in [0.2, 0.25) is 5.88 Å². The summed E-state index contributed by atoms with van der Waals surface area (Å²) in [6, 6.07) is 3.40. The summed E-state index contributed by atoms with van der Waals surface area (Å²) in [5.74, 6) is 4.49. The van der Waals surface area contributed by atoms with E-state index in [1.54, 1.807) is 12.1 Å². The molecule has 0 spiro atoms. The summed E-state index contributed by atoms with van der Waals surface area (Å²) >= 11 is 0. The molecule has 0 radical (unpaired) electrons. The molecule has 32 heavy (non-hydrogen) atoms. The van der Waals surface area contributed by atoms with Crippen LogP contribution in [-0.2, 0) is 0 Å². The van der Waals surface area contributed by atoms with E-state index < -0.39 is 5.95 Å². The first kappa shape index (κ1) is 22.2. The number of ether oxygens (including phenoxy) is 2. The molecule has 5 rings (SSSR count). The number of nitrogens with zero attached hydrogens (tertiary/aromatic N) is 1. The van der Waals surface area contributed by atoms with Gasteiger partial charge in [-0.1, -0.05) is 44.6 Å². The van der Waals surface area contributed by atoms with Crippen LogP contribution in [0.3, 0.4) is 0 Å². The monoisotopic (exact) mass is 441 g/mol. The first-order valence-corrected chi connectivity index (χ1v) is 13.3. The zero-order valence-corrected chi connectivity index (χ0v) is 19.6. The number of aromatic nitrogens is 1. The van der Waals surface area contributed by atoms with Crippen molar-refractivity contribution in [3.63, 3.8) is 0 Å². The van der Waals surface area contributed by atoms with E-state index in [4.69, 9.17) is 9.47 Å². The zero-order valence-electron chi connectivity index (χ0n) is 19.6. The number of hydrogen-bond acceptors (Lipinski definition) is 3. The van der Waals surface area contributed by atoms with Crippen LogP contribution in [0.25, 0.3) is 0 Å². The second-order valence-corrected chi connectivity index (χ2v) is 11.0. The smallest absolute Gasteiger partial charge is 0.258 e. The molecule has 0 amide bonds. The lowest BCUT2D eigenvalue weighted by Crippen LogP contribution is -2.24. The summed E-state index contributed by atoms with van der Waals surface area (Å²) < 4.78 is 25.8. The maximum Gasteiger partial charge on any atom is 0.258 e. The number of halogens is 1. The number of hydrogen-bond donors (Lipinski definition) is 0. The molecule has 3 fully saturated rings. The highest BCUT2D eigenvalue weighted by molar-refractivity contribution is 5.25. The van der Waals surface area contributed by atoms with Crippen LogP contribution in [0.4, 0.5) is 4.39 Å². The van der Waals surface area contributed by atoms with Crippen molar-refractivity contribution in [2.24, 2.45) is 29.6 Å². The standard InChI is InChI=1S/C28H40FNO2/c29-28-26(31-18-22-3-1-2-4-22)15-16-27(30-28)32-19-23-9-13-25(14-10-23)24-11-7-21(8-12-24)17-20-5-6-20/h9,15-16,20-22,24-25H,1-8,10-14,17-19H2. The fourth-order valence-electron chi connectivity index (χ4n) is 6.33. The van der Waals surface area contributed by atoms with Gasteiger partial charge in [0, 0.05) is 6.07 Å². The summed E-state index contributed by atoms with van der Waals surface area (Å²) in [5, 5.41) is 0. The lowest BCUT2D eigenvalue weighted by atomic mass is 9.70. The van der Waals surface area contributed by atoms with Crippen LogP contribution in [0.2, 0.25) is 0 Å². The molecule has 0 N–H and O–H groups in total. The summed E-state index contributed by atoms with van der Waals surface area (Å²) in [4.78, 5) is 3.98. The molecule has 1 aromatic rings. The summed E-state index contributed by atoms with van der Waals surface area (Å²) in [5.41, 5.74) is 1.34. The molecule has 4 aliphatic rings. The lowest BCUT2D eigenvalue weighted by molar-refractivity contribution is 0.182. The molecule has 0 bridgehead atoms. The molecule has 4 aliphatic carbocycles. The number of rotatable bonds is 9. The van der Waals surface area contributed by atoms with Gasteiger partial charge in [0.05, 0.1) is 6.61 Å². The van der Waals surface area contributed by atoms with Gasteiger partial charge in [0.1, 0.15) is 6.61 Å². The molecule has 3 nitrogen and oxygen atoms in total. The minimum absolute atomic E-state index is 0.246. The molecule has 4 heteroatoms. The van der Waals surface area contributed by atoms with Crippen molar-refractivity contribution >= 4 is 0 Å². The van der Waals surface area contributed by atoms with Crippen molar-refractivity contribution in [2.75, 3.05) is 13.2 Å². The minimum atomic E-state index is -0.560. The highest BCUT2D eigenvalue weighted by Crippen LogP contribution is 2.44. The molecule has 1 unspecified atom stereocenters. The van der Waals surface area contributed by atoms with E-state index in [1.807, 2.05) is 0 Å². The van der Waals surface area contributed by atoms with Gasteiger partial charge in [-0.25, -0.2) is 0 Å². The Kier molecular flexibility index (Phi) is 7.34. The SMILES string of the molecule is Fc1nc(OCC2=CCC(C3CCC(CC4CC4)CC3)CC2)ccc1OCC1CCCC1. The topological polar surface area (TPSA) is 31.4 Å². The average molecular weight is 442 g/mol. The first-order chi connectivity index (χ1) is 15.7. The number of pyridine rings is 1. The average Bonchev–Trinajstić information content (AvgIpc) is 3.48. The summed E-state index contributed by atoms with van der Waals surface area (Å²) in [6.45, 7) is 1.12. The van der Waals surface area contributed by atoms with Gasteiger partial charge in [0.25, 0.3) is 5.95 Å². The van der Waals surface area contributed by atoms with Gasteiger partial charge >= 0.3 is 0 Å². The second-order valence-electron chi connectivity index (χ2n) is 11.0. The Morgan fingerprint density at radius 3 is 2.22 bits per heavy atom. The molecule has 3 saturated carbocycles. The largest absolute Gasteiger partial charge is 0.488 e. The van der Waals surface area contributed by atoms with E-state index in [1.165, 1.54) is 89.0 Å². The van der Waals surface area contributed by atoms with Gasteiger partial charge < -0.3 is 9.47 Å². The van der Waals surface area contributed by atoms with Crippen molar-refractivity contribution in [1.82, 2.24) is 4.98 Å². The van der Waals surface area contributed by atoms with Crippen LogP contribution >= 0.6 is 0 Å². The molecule has 1 heterocycles. The van der Waals surface area contributed by atoms with E-state index in [0.717, 1.165) is 30.1 Å². The van der Waals surface area contributed by atoms with Crippen LogP contribution in [0.15, 0.2) is 23.8 Å². The van der Waals surface area contributed by atoms with Crippen molar-refractivity contribution in [2.45, 2.75) is 89.9 Å². The van der Waals surface area contributed by atoms with Gasteiger partial charge in [-0.3, -0.25) is 0 Å². The van der Waals surface area contributed by atoms with E-state index in [0.29, 0.717) is 25.0 Å². The van der Waals surface area contributed by atoms with Crippen LogP contribution in [-0.4, -0.2) is 18.2 Å². The highest BCUT2D eigenvalue weighted by Gasteiger charge is 2.31. The van der Waals surface area contributed by atoms with E-state index in [9.17, 15) is 4.39 Å². The van der Waals surface area contributed by atoms with Crippen LogP contribution in [0.5, 0.6) is 11.6 Å². The van der Waals surface area contributed by atoms with E-state index in [-0.39, 0.29) is 5.75 Å². The van der Waals surface area contributed by atoms with Crippen molar-refractivity contribution in [3.05, 3.63) is 29.7 Å². The van der Waals surface area contributed by atoms with Gasteiger partial charge in [-0.2, -0.15) is 9.37 Å². The van der Waals surface area contributed by atoms with Gasteiger partial charge in [-0.05, 0) is 92.6 Å². The third-order valence-electron chi connectivity index (χ3n) is 8.61. The maximum atomic E-state index is 14.3. The van der Waals surface area contributed by atoms with Crippen molar-refractivity contribution in [1.29, 1.82) is 0 Å². The van der Waals surface area contributed by atoms with Crippen molar-refractivity contribution < 1.29 is 13.9 Å². The van der Waals surface area contributed by atoms with Gasteiger partial charge in [-0.15, -0.1) is 0 Å². The van der Waals surface area contributed by atoms with E-state index >= 15 is 0 Å². The normalized spacial score (nSPS) is 29.0. The third kappa shape index (κ3) is 6.05. The minimum Gasteiger partial charge on any atom is -0.488 e. The molecule has 1 aromatic heterocycles. The molecule has 176 valence electrons. The fraction of sp³-hybridized carbons (Fsp3) is 0.750. The second kappa shape index (κ2) is 10.6. The van der Waals surface area contributed by atoms with E-state index in [2.05, 4.69) is 11.1 Å². The molecular weight excluding hydrogens is 401 g/mol. The molecule has 1 atom stereocenters. The predicted octanol–water partition coefficient (Wildman–Crippen LogP) is 7.50. The Bertz CT molecular complexity index is 776. The van der Waals surface area contributed by atoms with Crippen LogP contribution in [0.1, 0.15) is 89.9 Å². The van der Waals surface area contributed by atoms with Crippen LogP contribution in [0, 0.1) is 35.5 Å². The summed E-state index contributed by atoms with van der Waals surface area (Å²) in [6.07, 6.45) is 21.2. The molecule has 0 saturated heterocycles. The Morgan fingerprint density at radius 2 is 1.56 bits per heavy atom. The Morgan fingerprint density at radius 1 is 0.812 bits per heavy atom. The first-order valence-electron chi connectivity index (χ1n) is 13.3. The lowest BCUT2D eigenvalue weighted by Gasteiger charge is -2.35. The van der Waals surface area contributed by atoms with Gasteiger partial charge in [0.15, 0.2) is 5.75 Å². The maximum absolute atomic E-state index is 14.3. The predicted molar refractivity (Wildman–Crippen MR) is 125 cm³/mol. The van der Waals surface area contributed by atoms with Crippen LogP contribution < -0.4 is 9.47 Å². The number of allylic oxidation sites excluding steroid dienone is 1. The zero-order chi connectivity index (χ0) is 21.8. The highest BCUT2D eigenvalue weighted by atomic mass is 19.1. The summed E-state index contributed by atoms with van der Waals surface area (Å²) in [7, 11) is 0. The quantitative estimate of drug-likeness (QED) is 0.294. The fourth-order valence-corrected chi connectivity index (χ4v) is 6.33. The molecular formula is C28H40FNO2. The third-order valence-corrected chi connectivity index (χ3v) is 8.61. The Labute approximate surface area is 193 Å². The Hall–Kier alpha value is -1.58. The molecule has 0 aliphatic heterocycles. The Balaban J connectivity index is 1.03. The van der Waals surface area contributed by atoms with Crippen molar-refractivity contribution in [3.8, 4) is 11.6 Å².